The predicted molar refractivity (Wildman–Crippen MR) is 77.1 cm³/mol. The van der Waals surface area contributed by atoms with Crippen molar-refractivity contribution in [2.75, 3.05) is 32.7 Å². The van der Waals surface area contributed by atoms with Crippen molar-refractivity contribution in [1.82, 2.24) is 4.90 Å². The van der Waals surface area contributed by atoms with E-state index >= 15 is 0 Å². The first kappa shape index (κ1) is 14.6. The molecule has 4 nitrogen and oxygen atoms in total. The van der Waals surface area contributed by atoms with Crippen LogP contribution in [0.15, 0.2) is 22.7 Å². The molecule has 0 aliphatic carbocycles. The molecule has 1 saturated heterocycles. The van der Waals surface area contributed by atoms with Gasteiger partial charge in [0.2, 0.25) is 0 Å². The van der Waals surface area contributed by atoms with Crippen LogP contribution < -0.4 is 4.74 Å². The van der Waals surface area contributed by atoms with Gasteiger partial charge in [-0.1, -0.05) is 0 Å². The molecular formula is C13H15BrClNO3. The first-order valence-corrected chi connectivity index (χ1v) is 7.29. The highest BCUT2D eigenvalue weighted by molar-refractivity contribution is 9.10. The number of benzene rings is 1. The highest BCUT2D eigenvalue weighted by Gasteiger charge is 2.24. The molecule has 1 fully saturated rings. The molecule has 1 amide bonds. The van der Waals surface area contributed by atoms with Gasteiger partial charge in [0, 0.05) is 18.7 Å². The molecule has 0 radical (unpaired) electrons. The van der Waals surface area contributed by atoms with Gasteiger partial charge >= 0.3 is 0 Å². The summed E-state index contributed by atoms with van der Waals surface area (Å²) in [5.41, 5.74) is 0.628. The van der Waals surface area contributed by atoms with Crippen LogP contribution in [0.2, 0.25) is 0 Å². The summed E-state index contributed by atoms with van der Waals surface area (Å²) in [4.78, 5) is 14.1. The fourth-order valence-corrected chi connectivity index (χ4v) is 2.71. The molecule has 0 aromatic heterocycles. The summed E-state index contributed by atoms with van der Waals surface area (Å²) < 4.78 is 11.4. The van der Waals surface area contributed by atoms with Crippen molar-refractivity contribution in [2.45, 2.75) is 6.10 Å². The van der Waals surface area contributed by atoms with Crippen LogP contribution in [-0.4, -0.2) is 49.6 Å². The van der Waals surface area contributed by atoms with Gasteiger partial charge in [0.15, 0.2) is 0 Å². The van der Waals surface area contributed by atoms with E-state index < -0.39 is 0 Å². The Bertz CT molecular complexity index is 469. The number of alkyl halides is 1. The van der Waals surface area contributed by atoms with Crippen LogP contribution in [0.1, 0.15) is 10.4 Å². The molecule has 0 bridgehead atoms. The number of hydrogen-bond acceptors (Lipinski definition) is 3. The van der Waals surface area contributed by atoms with Gasteiger partial charge in [0.05, 0.1) is 30.2 Å². The number of methoxy groups -OCH3 is 1. The van der Waals surface area contributed by atoms with Crippen LogP contribution in [0, 0.1) is 0 Å². The summed E-state index contributed by atoms with van der Waals surface area (Å²) in [5, 5.41) is 0. The second kappa shape index (κ2) is 6.59. The molecule has 6 heteroatoms. The van der Waals surface area contributed by atoms with E-state index in [2.05, 4.69) is 15.9 Å². The van der Waals surface area contributed by atoms with Crippen LogP contribution >= 0.6 is 27.5 Å². The summed E-state index contributed by atoms with van der Waals surface area (Å²) >= 11 is 9.16. The van der Waals surface area contributed by atoms with Crippen LogP contribution in [0.3, 0.4) is 0 Å². The Kier molecular flexibility index (Phi) is 5.07. The van der Waals surface area contributed by atoms with Crippen molar-refractivity contribution in [2.24, 2.45) is 0 Å². The molecule has 1 unspecified atom stereocenters. The van der Waals surface area contributed by atoms with E-state index in [1.54, 1.807) is 30.2 Å². The lowest BCUT2D eigenvalue weighted by Gasteiger charge is -2.32. The molecule has 2 rings (SSSR count). The second-order valence-electron chi connectivity index (χ2n) is 4.25. The molecule has 0 spiro atoms. The lowest BCUT2D eigenvalue weighted by Crippen LogP contribution is -2.46. The third kappa shape index (κ3) is 3.41. The van der Waals surface area contributed by atoms with Crippen molar-refractivity contribution in [1.29, 1.82) is 0 Å². The number of carbonyl (C=O) groups excluding carboxylic acids is 1. The second-order valence-corrected chi connectivity index (χ2v) is 5.41. The molecular weight excluding hydrogens is 334 g/mol. The minimum Gasteiger partial charge on any atom is -0.496 e. The molecule has 1 aliphatic rings. The lowest BCUT2D eigenvalue weighted by atomic mass is 10.1. The molecule has 1 aromatic carbocycles. The van der Waals surface area contributed by atoms with Gasteiger partial charge in [-0.05, 0) is 34.1 Å². The maximum Gasteiger partial charge on any atom is 0.254 e. The molecule has 0 N–H and O–H groups in total. The van der Waals surface area contributed by atoms with Gasteiger partial charge < -0.3 is 14.4 Å². The number of nitrogens with zero attached hydrogens (tertiary/aromatic N) is 1. The third-order valence-corrected chi connectivity index (χ3v) is 3.96. The van der Waals surface area contributed by atoms with Crippen molar-refractivity contribution >= 4 is 33.4 Å². The molecule has 1 atom stereocenters. The van der Waals surface area contributed by atoms with Gasteiger partial charge in [-0.3, -0.25) is 4.79 Å². The van der Waals surface area contributed by atoms with Crippen LogP contribution in [0.5, 0.6) is 5.75 Å². The summed E-state index contributed by atoms with van der Waals surface area (Å²) in [6.45, 7) is 1.66. The van der Waals surface area contributed by atoms with Gasteiger partial charge in [-0.2, -0.15) is 0 Å². The van der Waals surface area contributed by atoms with E-state index in [1.165, 1.54) is 0 Å². The SMILES string of the molecule is COc1ccc(C(=O)N2CCOC(CCl)C2)cc1Br. The van der Waals surface area contributed by atoms with E-state index in [1.807, 2.05) is 0 Å². The molecule has 104 valence electrons. The fraction of sp³-hybridized carbons (Fsp3) is 0.462. The zero-order chi connectivity index (χ0) is 13.8. The fourth-order valence-electron chi connectivity index (χ4n) is 1.98. The van der Waals surface area contributed by atoms with E-state index in [-0.39, 0.29) is 12.0 Å². The number of amides is 1. The smallest absolute Gasteiger partial charge is 0.254 e. The van der Waals surface area contributed by atoms with Crippen LogP contribution in [0.25, 0.3) is 0 Å². The number of hydrogen-bond donors (Lipinski definition) is 0. The number of ether oxygens (including phenoxy) is 2. The van der Waals surface area contributed by atoms with Crippen molar-refractivity contribution in [3.05, 3.63) is 28.2 Å². The molecule has 1 aromatic rings. The minimum atomic E-state index is -0.0824. The normalized spacial score (nSPS) is 19.3. The zero-order valence-corrected chi connectivity index (χ0v) is 12.9. The monoisotopic (exact) mass is 347 g/mol. The Morgan fingerprint density at radius 3 is 3.05 bits per heavy atom. The Morgan fingerprint density at radius 2 is 2.42 bits per heavy atom. The maximum atomic E-state index is 12.4. The highest BCUT2D eigenvalue weighted by Crippen LogP contribution is 2.26. The third-order valence-electron chi connectivity index (χ3n) is 3.00. The minimum absolute atomic E-state index is 0.0123. The topological polar surface area (TPSA) is 38.8 Å². The standard InChI is InChI=1S/C13H15BrClNO3/c1-18-12-3-2-9(6-11(12)14)13(17)16-4-5-19-10(7-15)8-16/h2-3,6,10H,4-5,7-8H2,1H3. The number of morpholine rings is 1. The van der Waals surface area contributed by atoms with Crippen LogP contribution in [-0.2, 0) is 4.74 Å². The van der Waals surface area contributed by atoms with Gasteiger partial charge in [0.25, 0.3) is 5.91 Å². The largest absolute Gasteiger partial charge is 0.496 e. The maximum absolute atomic E-state index is 12.4. The highest BCUT2D eigenvalue weighted by atomic mass is 79.9. The lowest BCUT2D eigenvalue weighted by molar-refractivity contribution is -0.0108. The van der Waals surface area contributed by atoms with E-state index in [0.717, 1.165) is 4.47 Å². The Balaban J connectivity index is 2.12. The number of rotatable bonds is 3. The first-order valence-electron chi connectivity index (χ1n) is 5.96. The van der Waals surface area contributed by atoms with Crippen molar-refractivity contribution < 1.29 is 14.3 Å². The summed E-state index contributed by atoms with van der Waals surface area (Å²) in [5.74, 6) is 1.09. The van der Waals surface area contributed by atoms with Gasteiger partial charge in [-0.15, -0.1) is 11.6 Å². The molecule has 1 heterocycles. The predicted octanol–water partition coefficient (Wildman–Crippen LogP) is 2.54. The first-order chi connectivity index (χ1) is 9.15. The summed E-state index contributed by atoms with van der Waals surface area (Å²) in [6, 6.07) is 5.31. The average molecular weight is 349 g/mol. The average Bonchev–Trinajstić information content (AvgIpc) is 2.46. The molecule has 0 saturated carbocycles. The summed E-state index contributed by atoms with van der Waals surface area (Å²) in [6.07, 6.45) is -0.0824. The Morgan fingerprint density at radius 1 is 1.63 bits per heavy atom. The Labute approximate surface area is 125 Å². The van der Waals surface area contributed by atoms with Crippen molar-refractivity contribution in [3.63, 3.8) is 0 Å². The molecule has 19 heavy (non-hydrogen) atoms. The van der Waals surface area contributed by atoms with Gasteiger partial charge in [0.1, 0.15) is 5.75 Å². The van der Waals surface area contributed by atoms with E-state index in [4.69, 9.17) is 21.1 Å². The summed E-state index contributed by atoms with van der Waals surface area (Å²) in [7, 11) is 1.59. The van der Waals surface area contributed by atoms with Gasteiger partial charge in [-0.25, -0.2) is 0 Å². The zero-order valence-electron chi connectivity index (χ0n) is 10.6. The van der Waals surface area contributed by atoms with E-state index in [0.29, 0.717) is 36.9 Å². The molecule has 1 aliphatic heterocycles. The quantitative estimate of drug-likeness (QED) is 0.788. The van der Waals surface area contributed by atoms with Crippen LogP contribution in [0.4, 0.5) is 0 Å². The number of carbonyl (C=O) groups is 1. The van der Waals surface area contributed by atoms with Crippen molar-refractivity contribution in [3.8, 4) is 5.75 Å². The number of halogens is 2. The van der Waals surface area contributed by atoms with E-state index in [9.17, 15) is 4.79 Å². The Hall–Kier alpha value is -0.780.